The van der Waals surface area contributed by atoms with E-state index in [0.29, 0.717) is 0 Å². The average Bonchev–Trinajstić information content (AvgIpc) is 1.97. The predicted molar refractivity (Wildman–Crippen MR) is 48.7 cm³/mol. The first-order valence-corrected chi connectivity index (χ1v) is 4.78. The second kappa shape index (κ2) is 9.18. The summed E-state index contributed by atoms with van der Waals surface area (Å²) in [5.74, 6) is 0. The monoisotopic (exact) mass is 206 g/mol. The zero-order valence-electron chi connectivity index (χ0n) is 6.31. The Balaban J connectivity index is 2.70. The Bertz CT molecular complexity index is 73.7. The number of hydrogen-bond acceptors (Lipinski definition) is 1. The zero-order valence-corrected chi connectivity index (χ0v) is 7.90. The minimum atomic E-state index is 0.825. The highest BCUT2D eigenvalue weighted by atomic mass is 79.9. The van der Waals surface area contributed by atoms with E-state index in [0.717, 1.165) is 31.4 Å². The average molecular weight is 207 g/mol. The van der Waals surface area contributed by atoms with Gasteiger partial charge in [0.15, 0.2) is 0 Å². The first-order chi connectivity index (χ1) is 4.91. The van der Waals surface area contributed by atoms with Crippen molar-refractivity contribution in [3.05, 3.63) is 12.7 Å². The molecule has 0 heterocycles. The Hall–Kier alpha value is 0.180. The van der Waals surface area contributed by atoms with Crippen molar-refractivity contribution in [1.29, 1.82) is 0 Å². The van der Waals surface area contributed by atoms with Crippen LogP contribution in [0, 0.1) is 0 Å². The van der Waals surface area contributed by atoms with Crippen LogP contribution in [-0.2, 0) is 4.74 Å². The second-order valence-electron chi connectivity index (χ2n) is 2.09. The summed E-state index contributed by atoms with van der Waals surface area (Å²) in [7, 11) is 0. The van der Waals surface area contributed by atoms with Gasteiger partial charge in [-0.15, -0.1) is 6.58 Å². The van der Waals surface area contributed by atoms with Gasteiger partial charge in [0, 0.05) is 18.5 Å². The summed E-state index contributed by atoms with van der Waals surface area (Å²) in [6.07, 6.45) is 5.20. The van der Waals surface area contributed by atoms with Gasteiger partial charge in [-0.2, -0.15) is 0 Å². The Morgan fingerprint density at radius 2 is 2.10 bits per heavy atom. The number of hydrogen-bond donors (Lipinski definition) is 0. The van der Waals surface area contributed by atoms with Crippen molar-refractivity contribution in [2.45, 2.75) is 19.3 Å². The molecule has 0 N–H and O–H groups in total. The van der Waals surface area contributed by atoms with Crippen molar-refractivity contribution in [2.75, 3.05) is 18.5 Å². The summed E-state index contributed by atoms with van der Waals surface area (Å²) in [6, 6.07) is 0. The molecule has 0 aliphatic rings. The van der Waals surface area contributed by atoms with Crippen LogP contribution < -0.4 is 0 Å². The lowest BCUT2D eigenvalue weighted by atomic mass is 10.4. The third-order valence-corrected chi connectivity index (χ3v) is 1.70. The van der Waals surface area contributed by atoms with Gasteiger partial charge in [-0.1, -0.05) is 22.0 Å². The molecule has 0 saturated carbocycles. The normalized spacial score (nSPS) is 9.70. The van der Waals surface area contributed by atoms with Gasteiger partial charge < -0.3 is 4.74 Å². The van der Waals surface area contributed by atoms with E-state index < -0.39 is 0 Å². The third kappa shape index (κ3) is 8.18. The quantitative estimate of drug-likeness (QED) is 0.354. The maximum absolute atomic E-state index is 5.28. The summed E-state index contributed by atoms with van der Waals surface area (Å²) in [4.78, 5) is 0. The molecule has 0 fully saturated rings. The highest BCUT2D eigenvalue weighted by molar-refractivity contribution is 9.09. The molecule has 60 valence electrons. The lowest BCUT2D eigenvalue weighted by Crippen LogP contribution is -1.95. The Kier molecular flexibility index (Phi) is 9.35. The standard InChI is InChI=1S/C8H15BrO/c1-2-3-7-10-8-5-4-6-9/h2H,1,3-8H2. The molecule has 0 aliphatic heterocycles. The number of rotatable bonds is 7. The maximum Gasteiger partial charge on any atom is 0.0500 e. The molecule has 0 spiro atoms. The fraction of sp³-hybridized carbons (Fsp3) is 0.750. The SMILES string of the molecule is C=CCCOCCCCBr. The number of alkyl halides is 1. The highest BCUT2D eigenvalue weighted by Crippen LogP contribution is 1.94. The summed E-state index contributed by atoms with van der Waals surface area (Å²) in [5, 5.41) is 1.08. The first-order valence-electron chi connectivity index (χ1n) is 3.66. The Morgan fingerprint density at radius 1 is 1.30 bits per heavy atom. The molecular weight excluding hydrogens is 192 g/mol. The van der Waals surface area contributed by atoms with Crippen LogP contribution in [0.15, 0.2) is 12.7 Å². The van der Waals surface area contributed by atoms with Crippen LogP contribution in [0.1, 0.15) is 19.3 Å². The molecule has 0 aliphatic carbocycles. The number of halogens is 1. The molecule has 0 aromatic heterocycles. The van der Waals surface area contributed by atoms with Crippen molar-refractivity contribution in [3.63, 3.8) is 0 Å². The Morgan fingerprint density at radius 3 is 2.70 bits per heavy atom. The van der Waals surface area contributed by atoms with Crippen LogP contribution in [0.3, 0.4) is 0 Å². The van der Waals surface area contributed by atoms with Gasteiger partial charge in [-0.25, -0.2) is 0 Å². The van der Waals surface area contributed by atoms with Crippen molar-refractivity contribution in [2.24, 2.45) is 0 Å². The topological polar surface area (TPSA) is 9.23 Å². The number of unbranched alkanes of at least 4 members (excludes halogenated alkanes) is 1. The van der Waals surface area contributed by atoms with Crippen LogP contribution in [-0.4, -0.2) is 18.5 Å². The van der Waals surface area contributed by atoms with Crippen LogP contribution in [0.4, 0.5) is 0 Å². The van der Waals surface area contributed by atoms with E-state index in [4.69, 9.17) is 4.74 Å². The molecule has 0 bridgehead atoms. The van der Waals surface area contributed by atoms with Crippen molar-refractivity contribution >= 4 is 15.9 Å². The van der Waals surface area contributed by atoms with Crippen LogP contribution in [0.5, 0.6) is 0 Å². The van der Waals surface area contributed by atoms with Crippen LogP contribution in [0.2, 0.25) is 0 Å². The van der Waals surface area contributed by atoms with E-state index in [1.165, 1.54) is 6.42 Å². The molecule has 0 aromatic carbocycles. The van der Waals surface area contributed by atoms with Gasteiger partial charge >= 0.3 is 0 Å². The summed E-state index contributed by atoms with van der Waals surface area (Å²) < 4.78 is 5.28. The lowest BCUT2D eigenvalue weighted by molar-refractivity contribution is 0.136. The Labute approximate surface area is 71.6 Å². The van der Waals surface area contributed by atoms with Crippen LogP contribution >= 0.6 is 15.9 Å². The van der Waals surface area contributed by atoms with Crippen molar-refractivity contribution in [1.82, 2.24) is 0 Å². The van der Waals surface area contributed by atoms with E-state index in [2.05, 4.69) is 22.5 Å². The van der Waals surface area contributed by atoms with Crippen LogP contribution in [0.25, 0.3) is 0 Å². The lowest BCUT2D eigenvalue weighted by Gasteiger charge is -1.99. The smallest absolute Gasteiger partial charge is 0.0500 e. The summed E-state index contributed by atoms with van der Waals surface area (Å²) >= 11 is 3.36. The fourth-order valence-corrected chi connectivity index (χ4v) is 0.964. The zero-order chi connectivity index (χ0) is 7.66. The molecule has 1 nitrogen and oxygen atoms in total. The third-order valence-electron chi connectivity index (χ3n) is 1.14. The minimum Gasteiger partial charge on any atom is -0.381 e. The predicted octanol–water partition coefficient (Wildman–Crippen LogP) is 2.75. The molecule has 0 atom stereocenters. The van der Waals surface area contributed by atoms with Crippen molar-refractivity contribution < 1.29 is 4.74 Å². The van der Waals surface area contributed by atoms with Gasteiger partial charge in [0.1, 0.15) is 0 Å². The molecule has 0 unspecified atom stereocenters. The van der Waals surface area contributed by atoms with Gasteiger partial charge in [0.25, 0.3) is 0 Å². The van der Waals surface area contributed by atoms with Gasteiger partial charge in [0.05, 0.1) is 0 Å². The molecule has 0 amide bonds. The molecule has 0 aromatic rings. The molecule has 2 heteroatoms. The molecule has 10 heavy (non-hydrogen) atoms. The summed E-state index contributed by atoms with van der Waals surface area (Å²) in [6.45, 7) is 5.32. The first kappa shape index (κ1) is 10.2. The molecule has 0 saturated heterocycles. The molecule has 0 rings (SSSR count). The van der Waals surface area contributed by atoms with E-state index in [1.54, 1.807) is 0 Å². The van der Waals surface area contributed by atoms with Gasteiger partial charge in [-0.05, 0) is 19.3 Å². The molecule has 0 radical (unpaired) electrons. The largest absolute Gasteiger partial charge is 0.381 e. The van der Waals surface area contributed by atoms with Crippen molar-refractivity contribution in [3.8, 4) is 0 Å². The highest BCUT2D eigenvalue weighted by Gasteiger charge is 1.86. The van der Waals surface area contributed by atoms with E-state index in [1.807, 2.05) is 6.08 Å². The minimum absolute atomic E-state index is 0.825. The van der Waals surface area contributed by atoms with Gasteiger partial charge in [0.2, 0.25) is 0 Å². The van der Waals surface area contributed by atoms with Gasteiger partial charge in [-0.3, -0.25) is 0 Å². The summed E-state index contributed by atoms with van der Waals surface area (Å²) in [5.41, 5.74) is 0. The van der Waals surface area contributed by atoms with E-state index in [9.17, 15) is 0 Å². The van der Waals surface area contributed by atoms with E-state index in [-0.39, 0.29) is 0 Å². The number of ether oxygens (including phenoxy) is 1. The molecular formula is C8H15BrO. The fourth-order valence-electron chi connectivity index (χ4n) is 0.567. The maximum atomic E-state index is 5.28. The van der Waals surface area contributed by atoms with E-state index >= 15 is 0 Å². The second-order valence-corrected chi connectivity index (χ2v) is 2.88.